The maximum Gasteiger partial charge on any atom is 0.326 e. The van der Waals surface area contributed by atoms with Gasteiger partial charge < -0.3 is 42.9 Å². The Balaban J connectivity index is 2.73. The smallest absolute Gasteiger partial charge is 0.326 e. The molecule has 0 spiro atoms. The molecule has 4 unspecified atom stereocenters. The van der Waals surface area contributed by atoms with Crippen molar-refractivity contribution in [1.82, 2.24) is 15.5 Å². The number of nitrogens with one attached hydrogen (secondary N) is 2. The minimum Gasteiger partial charge on any atom is -0.480 e. The number of aliphatic carboxylic acids is 1. The second-order valence-corrected chi connectivity index (χ2v) is 8.52. The van der Waals surface area contributed by atoms with Crippen molar-refractivity contribution in [3.05, 3.63) is 0 Å². The summed E-state index contributed by atoms with van der Waals surface area (Å²) in [7, 11) is 0. The van der Waals surface area contributed by atoms with E-state index in [2.05, 4.69) is 15.6 Å². The molecule has 3 amide bonds. The Bertz CT molecular complexity index is 726. The van der Waals surface area contributed by atoms with Crippen LogP contribution in [0.1, 0.15) is 46.0 Å². The Morgan fingerprint density at radius 3 is 2.36 bits per heavy atom. The van der Waals surface area contributed by atoms with Gasteiger partial charge in [-0.25, -0.2) is 4.79 Å². The van der Waals surface area contributed by atoms with Crippen molar-refractivity contribution in [3.8, 4) is 0 Å². The van der Waals surface area contributed by atoms with Gasteiger partial charge in [0.25, 0.3) is 0 Å². The van der Waals surface area contributed by atoms with Crippen LogP contribution in [0.3, 0.4) is 0 Å². The molecule has 0 aromatic rings. The van der Waals surface area contributed by atoms with E-state index < -0.39 is 48.6 Å². The highest BCUT2D eigenvalue weighted by atomic mass is 16.4. The molecule has 33 heavy (non-hydrogen) atoms. The number of guanidine groups is 1. The van der Waals surface area contributed by atoms with Gasteiger partial charge >= 0.3 is 5.97 Å². The highest BCUT2D eigenvalue weighted by Crippen LogP contribution is 2.20. The number of carbonyl (C=O) groups is 4. The Morgan fingerprint density at radius 1 is 1.15 bits per heavy atom. The van der Waals surface area contributed by atoms with Crippen LogP contribution in [0.25, 0.3) is 0 Å². The molecule has 1 saturated heterocycles. The van der Waals surface area contributed by atoms with E-state index in [0.717, 1.165) is 0 Å². The largest absolute Gasteiger partial charge is 0.480 e. The van der Waals surface area contributed by atoms with E-state index in [1.165, 1.54) is 4.90 Å². The van der Waals surface area contributed by atoms with E-state index in [9.17, 15) is 29.4 Å². The fraction of sp³-hybridized carbons (Fsp3) is 0.750. The molecule has 0 saturated carbocycles. The van der Waals surface area contributed by atoms with Crippen LogP contribution in [-0.4, -0.2) is 88.6 Å². The van der Waals surface area contributed by atoms with Gasteiger partial charge in [-0.05, 0) is 38.0 Å². The Hall–Kier alpha value is -2.93. The zero-order valence-corrected chi connectivity index (χ0v) is 19.2. The normalized spacial score (nSPS) is 18.3. The summed E-state index contributed by atoms with van der Waals surface area (Å²) in [6, 6.07) is -4.17. The van der Waals surface area contributed by atoms with Gasteiger partial charge in [0.2, 0.25) is 17.7 Å². The van der Waals surface area contributed by atoms with E-state index in [1.807, 2.05) is 13.8 Å². The predicted molar refractivity (Wildman–Crippen MR) is 121 cm³/mol. The van der Waals surface area contributed by atoms with E-state index >= 15 is 0 Å². The molecule has 13 nitrogen and oxygen atoms in total. The Kier molecular flexibility index (Phi) is 11.6. The Morgan fingerprint density at radius 2 is 1.82 bits per heavy atom. The van der Waals surface area contributed by atoms with Crippen LogP contribution < -0.4 is 27.8 Å². The minimum absolute atomic E-state index is 0.0442. The second-order valence-electron chi connectivity index (χ2n) is 8.52. The lowest BCUT2D eigenvalue weighted by atomic mass is 10.0. The second kappa shape index (κ2) is 13.6. The van der Waals surface area contributed by atoms with Crippen molar-refractivity contribution in [1.29, 1.82) is 0 Å². The molecule has 1 fully saturated rings. The predicted octanol–water partition coefficient (Wildman–Crippen LogP) is -2.55. The summed E-state index contributed by atoms with van der Waals surface area (Å²) in [4.78, 5) is 54.6. The third-order valence-corrected chi connectivity index (χ3v) is 5.26. The van der Waals surface area contributed by atoms with Crippen LogP contribution >= 0.6 is 0 Å². The van der Waals surface area contributed by atoms with Crippen molar-refractivity contribution >= 4 is 29.7 Å². The van der Waals surface area contributed by atoms with Crippen molar-refractivity contribution < 1.29 is 29.4 Å². The molecule has 4 atom stereocenters. The maximum atomic E-state index is 12.8. The first kappa shape index (κ1) is 28.1. The zero-order valence-electron chi connectivity index (χ0n) is 19.2. The number of carboxylic acids is 1. The Labute approximate surface area is 193 Å². The van der Waals surface area contributed by atoms with Crippen LogP contribution in [0.15, 0.2) is 4.99 Å². The number of carbonyl (C=O) groups excluding carboxylic acids is 3. The van der Waals surface area contributed by atoms with E-state index in [1.54, 1.807) is 0 Å². The van der Waals surface area contributed by atoms with Crippen LogP contribution in [0, 0.1) is 5.92 Å². The third kappa shape index (κ3) is 9.22. The number of nitrogens with zero attached hydrogens (tertiary/aromatic N) is 2. The van der Waals surface area contributed by atoms with Gasteiger partial charge in [-0.1, -0.05) is 13.8 Å². The van der Waals surface area contributed by atoms with E-state index in [0.29, 0.717) is 32.2 Å². The van der Waals surface area contributed by atoms with Gasteiger partial charge in [-0.15, -0.1) is 0 Å². The molecule has 0 radical (unpaired) electrons. The molecular formula is C20H37N7O6. The lowest BCUT2D eigenvalue weighted by Crippen LogP contribution is -2.57. The SMILES string of the molecule is CC(C)CC(N)C(=O)N1CCCC1C(=O)NC(CO)C(=O)NC(CCCN=C(N)N)C(=O)O. The molecule has 0 bridgehead atoms. The maximum absolute atomic E-state index is 12.8. The molecule has 1 aliphatic rings. The molecule has 0 aliphatic carbocycles. The van der Waals surface area contributed by atoms with Gasteiger partial charge in [0.05, 0.1) is 12.6 Å². The first-order valence-corrected chi connectivity index (χ1v) is 11.0. The highest BCUT2D eigenvalue weighted by Gasteiger charge is 2.37. The number of nitrogens with two attached hydrogens (primary N) is 3. The summed E-state index contributed by atoms with van der Waals surface area (Å²) < 4.78 is 0. The molecule has 0 aromatic heterocycles. The molecule has 1 heterocycles. The van der Waals surface area contributed by atoms with Crippen molar-refractivity contribution in [2.24, 2.45) is 28.1 Å². The monoisotopic (exact) mass is 471 g/mol. The molecular weight excluding hydrogens is 434 g/mol. The average Bonchev–Trinajstić information content (AvgIpc) is 3.22. The van der Waals surface area contributed by atoms with E-state index in [4.69, 9.17) is 17.2 Å². The molecule has 13 heteroatoms. The third-order valence-electron chi connectivity index (χ3n) is 5.26. The molecule has 1 aliphatic heterocycles. The summed E-state index contributed by atoms with van der Waals surface area (Å²) in [6.45, 7) is 3.70. The number of carboxylic acid groups (broad SMARTS) is 1. The minimum atomic E-state index is -1.38. The van der Waals surface area contributed by atoms with Crippen LogP contribution in [0.2, 0.25) is 0 Å². The number of aliphatic imine (C=N–C) groups is 1. The van der Waals surface area contributed by atoms with Gasteiger partial charge in [0.1, 0.15) is 18.1 Å². The summed E-state index contributed by atoms with van der Waals surface area (Å²) >= 11 is 0. The number of aliphatic hydroxyl groups is 1. The van der Waals surface area contributed by atoms with Crippen molar-refractivity contribution in [2.75, 3.05) is 19.7 Å². The van der Waals surface area contributed by atoms with E-state index in [-0.39, 0.29) is 30.8 Å². The van der Waals surface area contributed by atoms with Gasteiger partial charge in [-0.3, -0.25) is 19.4 Å². The van der Waals surface area contributed by atoms with Gasteiger partial charge in [0, 0.05) is 13.1 Å². The molecule has 1 rings (SSSR count). The zero-order chi connectivity index (χ0) is 25.1. The summed E-state index contributed by atoms with van der Waals surface area (Å²) in [6.07, 6.45) is 1.81. The fourth-order valence-electron chi connectivity index (χ4n) is 3.62. The summed E-state index contributed by atoms with van der Waals surface area (Å²) in [5, 5.41) is 23.7. The average molecular weight is 472 g/mol. The fourth-order valence-corrected chi connectivity index (χ4v) is 3.62. The van der Waals surface area contributed by atoms with Gasteiger partial charge in [-0.2, -0.15) is 0 Å². The van der Waals surface area contributed by atoms with Crippen LogP contribution in [0.5, 0.6) is 0 Å². The first-order valence-electron chi connectivity index (χ1n) is 11.0. The number of amides is 3. The number of hydrogen-bond donors (Lipinski definition) is 7. The number of likely N-dealkylation sites (tertiary alicyclic amines) is 1. The summed E-state index contributed by atoms with van der Waals surface area (Å²) in [5.41, 5.74) is 16.4. The number of rotatable bonds is 13. The van der Waals surface area contributed by atoms with Crippen molar-refractivity contribution in [3.63, 3.8) is 0 Å². The van der Waals surface area contributed by atoms with Crippen molar-refractivity contribution in [2.45, 2.75) is 70.1 Å². The molecule has 10 N–H and O–H groups in total. The lowest BCUT2D eigenvalue weighted by molar-refractivity contribution is -0.143. The first-order chi connectivity index (χ1) is 15.5. The number of aliphatic hydroxyl groups excluding tert-OH is 1. The highest BCUT2D eigenvalue weighted by molar-refractivity contribution is 5.94. The lowest BCUT2D eigenvalue weighted by Gasteiger charge is -2.28. The molecule has 0 aromatic carbocycles. The topological polar surface area (TPSA) is 226 Å². The summed E-state index contributed by atoms with van der Waals surface area (Å²) in [5.74, 6) is -2.98. The standard InChI is InChI=1S/C20H37N7O6/c1-11(2)9-12(21)18(31)27-8-4-6-15(27)17(30)26-14(10-28)16(29)25-13(19(32)33)5-3-7-24-20(22)23/h11-15,28H,3-10,21H2,1-2H3,(H,25,29)(H,26,30)(H,32,33)(H4,22,23,24). The van der Waals surface area contributed by atoms with Crippen LogP contribution in [0.4, 0.5) is 0 Å². The molecule has 188 valence electrons. The van der Waals surface area contributed by atoms with Gasteiger partial charge in [0.15, 0.2) is 5.96 Å². The quantitative estimate of drug-likeness (QED) is 0.0850. The van der Waals surface area contributed by atoms with Crippen LogP contribution in [-0.2, 0) is 19.2 Å². The number of hydrogen-bond acceptors (Lipinski definition) is 7.